The first-order valence-corrected chi connectivity index (χ1v) is 3.84. The van der Waals surface area contributed by atoms with Crippen LogP contribution in [0.1, 0.15) is 6.92 Å². The SMILES string of the molecule is COC(=S)SC(C)C(=O)O. The van der Waals surface area contributed by atoms with E-state index in [1.807, 2.05) is 0 Å². The van der Waals surface area contributed by atoms with Gasteiger partial charge in [-0.1, -0.05) is 11.8 Å². The van der Waals surface area contributed by atoms with Crippen LogP contribution in [0, 0.1) is 0 Å². The van der Waals surface area contributed by atoms with Crippen molar-refractivity contribution in [3.63, 3.8) is 0 Å². The standard InChI is InChI=1S/C5H8O3S2/c1-3(4(6)7)10-5(9)8-2/h3H,1-2H3,(H,6,7). The Morgan fingerprint density at radius 1 is 1.80 bits per heavy atom. The molecule has 0 aliphatic rings. The molecule has 5 heteroatoms. The van der Waals surface area contributed by atoms with E-state index in [9.17, 15) is 4.79 Å². The van der Waals surface area contributed by atoms with Gasteiger partial charge in [-0.2, -0.15) is 0 Å². The minimum atomic E-state index is -0.885. The average Bonchev–Trinajstić information content (AvgIpc) is 1.87. The number of aliphatic carboxylic acids is 1. The van der Waals surface area contributed by atoms with Crippen LogP contribution in [-0.2, 0) is 9.53 Å². The zero-order valence-electron chi connectivity index (χ0n) is 5.66. The van der Waals surface area contributed by atoms with E-state index in [1.54, 1.807) is 6.92 Å². The van der Waals surface area contributed by atoms with Crippen molar-refractivity contribution in [2.45, 2.75) is 12.2 Å². The molecular formula is C5H8O3S2. The van der Waals surface area contributed by atoms with Gasteiger partial charge in [0, 0.05) is 0 Å². The van der Waals surface area contributed by atoms with Crippen molar-refractivity contribution < 1.29 is 14.6 Å². The average molecular weight is 180 g/mol. The molecule has 0 amide bonds. The predicted octanol–water partition coefficient (Wildman–Crippen LogP) is 1.12. The van der Waals surface area contributed by atoms with E-state index in [2.05, 4.69) is 17.0 Å². The molecule has 0 bridgehead atoms. The minimum Gasteiger partial charge on any atom is -0.482 e. The van der Waals surface area contributed by atoms with E-state index in [0.29, 0.717) is 0 Å². The highest BCUT2D eigenvalue weighted by molar-refractivity contribution is 8.23. The maximum atomic E-state index is 10.2. The summed E-state index contributed by atoms with van der Waals surface area (Å²) in [7, 11) is 1.42. The van der Waals surface area contributed by atoms with Crippen LogP contribution < -0.4 is 0 Å². The zero-order chi connectivity index (χ0) is 8.15. The summed E-state index contributed by atoms with van der Waals surface area (Å²) in [5.74, 6) is -0.885. The highest BCUT2D eigenvalue weighted by atomic mass is 32.2. The van der Waals surface area contributed by atoms with Crippen LogP contribution in [0.3, 0.4) is 0 Å². The maximum Gasteiger partial charge on any atom is 0.316 e. The Kier molecular flexibility index (Phi) is 4.38. The molecule has 0 radical (unpaired) electrons. The van der Waals surface area contributed by atoms with Gasteiger partial charge in [-0.3, -0.25) is 4.79 Å². The summed E-state index contributed by atoms with van der Waals surface area (Å²) in [6, 6.07) is 0. The summed E-state index contributed by atoms with van der Waals surface area (Å²) in [4.78, 5) is 10.2. The number of carboxylic acid groups (broad SMARTS) is 1. The van der Waals surface area contributed by atoms with Gasteiger partial charge in [0.05, 0.1) is 7.11 Å². The van der Waals surface area contributed by atoms with Crippen LogP contribution in [0.25, 0.3) is 0 Å². The van der Waals surface area contributed by atoms with Crippen molar-refractivity contribution in [2.24, 2.45) is 0 Å². The molecule has 0 heterocycles. The van der Waals surface area contributed by atoms with Gasteiger partial charge < -0.3 is 9.84 Å². The van der Waals surface area contributed by atoms with Crippen molar-refractivity contribution in [3.05, 3.63) is 0 Å². The Morgan fingerprint density at radius 3 is 2.60 bits per heavy atom. The molecule has 0 saturated heterocycles. The third-order valence-corrected chi connectivity index (χ3v) is 2.16. The van der Waals surface area contributed by atoms with Crippen molar-refractivity contribution in [1.82, 2.24) is 0 Å². The summed E-state index contributed by atoms with van der Waals surface area (Å²) in [6.45, 7) is 1.55. The topological polar surface area (TPSA) is 46.5 Å². The van der Waals surface area contributed by atoms with E-state index in [-0.39, 0.29) is 4.38 Å². The van der Waals surface area contributed by atoms with Crippen LogP contribution in [0.5, 0.6) is 0 Å². The second-order valence-corrected chi connectivity index (χ2v) is 3.50. The van der Waals surface area contributed by atoms with E-state index < -0.39 is 11.2 Å². The van der Waals surface area contributed by atoms with Crippen LogP contribution in [-0.4, -0.2) is 27.8 Å². The van der Waals surface area contributed by atoms with Crippen molar-refractivity contribution in [2.75, 3.05) is 7.11 Å². The molecule has 0 aliphatic heterocycles. The molecule has 0 aliphatic carbocycles. The zero-order valence-corrected chi connectivity index (χ0v) is 7.29. The fourth-order valence-electron chi connectivity index (χ4n) is 0.243. The summed E-state index contributed by atoms with van der Waals surface area (Å²) < 4.78 is 4.86. The summed E-state index contributed by atoms with van der Waals surface area (Å²) in [6.07, 6.45) is 0. The van der Waals surface area contributed by atoms with E-state index in [4.69, 9.17) is 5.11 Å². The molecule has 0 spiro atoms. The minimum absolute atomic E-state index is 0.259. The Bertz CT molecular complexity index is 146. The number of ether oxygens (including phenoxy) is 1. The number of carboxylic acids is 1. The first-order valence-electron chi connectivity index (χ1n) is 2.55. The van der Waals surface area contributed by atoms with Gasteiger partial charge in [-0.05, 0) is 19.1 Å². The predicted molar refractivity (Wildman–Crippen MR) is 44.3 cm³/mol. The second kappa shape index (κ2) is 4.51. The maximum absolute atomic E-state index is 10.2. The third-order valence-electron chi connectivity index (χ3n) is 0.787. The lowest BCUT2D eigenvalue weighted by Gasteiger charge is -2.04. The quantitative estimate of drug-likeness (QED) is 0.645. The van der Waals surface area contributed by atoms with Crippen molar-refractivity contribution >= 4 is 34.3 Å². The molecule has 1 N–H and O–H groups in total. The summed E-state index contributed by atoms with van der Waals surface area (Å²) >= 11 is 5.65. The van der Waals surface area contributed by atoms with E-state index >= 15 is 0 Å². The van der Waals surface area contributed by atoms with Crippen LogP contribution in [0.15, 0.2) is 0 Å². The molecule has 0 aromatic carbocycles. The normalized spacial score (nSPS) is 12.2. The molecular weight excluding hydrogens is 172 g/mol. The van der Waals surface area contributed by atoms with Gasteiger partial charge in [0.2, 0.25) is 4.38 Å². The molecule has 0 saturated carbocycles. The van der Waals surface area contributed by atoms with Crippen LogP contribution in [0.2, 0.25) is 0 Å². The molecule has 0 fully saturated rings. The number of thioether (sulfide) groups is 1. The summed E-state index contributed by atoms with van der Waals surface area (Å²) in [5, 5.41) is 7.86. The van der Waals surface area contributed by atoms with Crippen molar-refractivity contribution in [3.8, 4) is 0 Å². The third kappa shape index (κ3) is 3.68. The first-order chi connectivity index (χ1) is 4.57. The fourth-order valence-corrected chi connectivity index (χ4v) is 1.16. The number of hydrogen-bond donors (Lipinski definition) is 1. The lowest BCUT2D eigenvalue weighted by atomic mass is 10.5. The van der Waals surface area contributed by atoms with Crippen molar-refractivity contribution in [1.29, 1.82) is 0 Å². The Morgan fingerprint density at radius 2 is 2.30 bits per heavy atom. The second-order valence-electron chi connectivity index (χ2n) is 1.55. The van der Waals surface area contributed by atoms with Gasteiger partial charge in [0.25, 0.3) is 0 Å². The Balaban J connectivity index is 3.68. The number of carbonyl (C=O) groups is 1. The lowest BCUT2D eigenvalue weighted by molar-refractivity contribution is -0.136. The van der Waals surface area contributed by atoms with Crippen LogP contribution >= 0.6 is 24.0 Å². The van der Waals surface area contributed by atoms with Crippen LogP contribution in [0.4, 0.5) is 0 Å². The molecule has 1 atom stereocenters. The van der Waals surface area contributed by atoms with Gasteiger partial charge in [0.1, 0.15) is 5.25 Å². The lowest BCUT2D eigenvalue weighted by Crippen LogP contribution is -2.13. The Labute approximate surface area is 68.8 Å². The molecule has 0 aromatic heterocycles. The van der Waals surface area contributed by atoms with E-state index in [1.165, 1.54) is 7.11 Å². The van der Waals surface area contributed by atoms with Gasteiger partial charge in [-0.25, -0.2) is 0 Å². The smallest absolute Gasteiger partial charge is 0.316 e. The molecule has 10 heavy (non-hydrogen) atoms. The van der Waals surface area contributed by atoms with Gasteiger partial charge in [-0.15, -0.1) is 0 Å². The number of thiocarbonyl (C=S) groups is 1. The van der Waals surface area contributed by atoms with E-state index in [0.717, 1.165) is 11.8 Å². The largest absolute Gasteiger partial charge is 0.482 e. The first kappa shape index (κ1) is 9.71. The van der Waals surface area contributed by atoms with Gasteiger partial charge in [0.15, 0.2) is 0 Å². The molecule has 3 nitrogen and oxygen atoms in total. The molecule has 0 rings (SSSR count). The highest BCUT2D eigenvalue weighted by Crippen LogP contribution is 2.12. The molecule has 58 valence electrons. The fraction of sp³-hybridized carbons (Fsp3) is 0.600. The monoisotopic (exact) mass is 180 g/mol. The molecule has 1 unspecified atom stereocenters. The Hall–Kier alpha value is -0.290. The van der Waals surface area contributed by atoms with Gasteiger partial charge >= 0.3 is 5.97 Å². The number of methoxy groups -OCH3 is 1. The summed E-state index contributed by atoms with van der Waals surface area (Å²) in [5.41, 5.74) is 0. The molecule has 0 aromatic rings. The number of rotatable bonds is 2. The highest BCUT2D eigenvalue weighted by Gasteiger charge is 2.13. The number of hydrogen-bond acceptors (Lipinski definition) is 4.